The first-order chi connectivity index (χ1) is 9.15. The van der Waals surface area contributed by atoms with Crippen molar-refractivity contribution in [1.29, 1.82) is 0 Å². The first kappa shape index (κ1) is 12.1. The zero-order valence-electron chi connectivity index (χ0n) is 10.2. The molecule has 1 aromatic heterocycles. The summed E-state index contributed by atoms with van der Waals surface area (Å²) < 4.78 is 6.15. The third-order valence-corrected chi connectivity index (χ3v) is 3.37. The predicted molar refractivity (Wildman–Crippen MR) is 78.2 cm³/mol. The lowest BCUT2D eigenvalue weighted by Gasteiger charge is -2.04. The zero-order valence-corrected chi connectivity index (χ0v) is 11.8. The van der Waals surface area contributed by atoms with Crippen molar-refractivity contribution in [1.82, 2.24) is 4.98 Å². The normalized spacial score (nSPS) is 10.8. The number of aryl methyl sites for hydroxylation is 1. The second-order valence-electron chi connectivity index (χ2n) is 4.29. The van der Waals surface area contributed by atoms with Gasteiger partial charge in [0.2, 0.25) is 5.89 Å². The molecular formula is C15H10BrNO2. The van der Waals surface area contributed by atoms with E-state index in [1.807, 2.05) is 43.3 Å². The van der Waals surface area contributed by atoms with Crippen molar-refractivity contribution in [3.8, 4) is 11.5 Å². The molecule has 0 saturated carbocycles. The van der Waals surface area contributed by atoms with E-state index in [4.69, 9.17) is 4.42 Å². The van der Waals surface area contributed by atoms with Crippen LogP contribution < -0.4 is 5.63 Å². The number of hydrogen-bond donors (Lipinski definition) is 0. The Labute approximate surface area is 118 Å². The molecule has 2 aromatic carbocycles. The second-order valence-corrected chi connectivity index (χ2v) is 5.21. The van der Waals surface area contributed by atoms with E-state index in [-0.39, 0.29) is 5.63 Å². The monoisotopic (exact) mass is 315 g/mol. The van der Waals surface area contributed by atoms with Gasteiger partial charge in [0, 0.05) is 10.0 Å². The van der Waals surface area contributed by atoms with Crippen LogP contribution in [-0.2, 0) is 0 Å². The van der Waals surface area contributed by atoms with Gasteiger partial charge in [-0.3, -0.25) is 0 Å². The lowest BCUT2D eigenvalue weighted by Crippen LogP contribution is -2.04. The van der Waals surface area contributed by atoms with Crippen LogP contribution in [0.3, 0.4) is 0 Å². The first-order valence-electron chi connectivity index (χ1n) is 5.81. The van der Waals surface area contributed by atoms with Gasteiger partial charge < -0.3 is 4.42 Å². The van der Waals surface area contributed by atoms with Crippen LogP contribution in [0.2, 0.25) is 0 Å². The Bertz CT molecular complexity index is 809. The van der Waals surface area contributed by atoms with Crippen LogP contribution in [0.4, 0.5) is 0 Å². The van der Waals surface area contributed by atoms with Crippen LogP contribution in [0, 0.1) is 6.92 Å². The van der Waals surface area contributed by atoms with E-state index < -0.39 is 0 Å². The molecule has 0 fully saturated rings. The molecule has 19 heavy (non-hydrogen) atoms. The average molecular weight is 316 g/mol. The SMILES string of the molecule is Cc1cc(Br)cc2c(=O)oc(-c3ccccc3)nc12. The summed E-state index contributed by atoms with van der Waals surface area (Å²) >= 11 is 3.37. The second kappa shape index (κ2) is 4.63. The molecule has 3 aromatic rings. The quantitative estimate of drug-likeness (QED) is 0.683. The highest BCUT2D eigenvalue weighted by Gasteiger charge is 2.10. The Kier molecular flexibility index (Phi) is 2.95. The number of benzene rings is 2. The number of nitrogens with zero attached hydrogens (tertiary/aromatic N) is 1. The van der Waals surface area contributed by atoms with Crippen LogP contribution >= 0.6 is 15.9 Å². The van der Waals surface area contributed by atoms with Crippen molar-refractivity contribution in [3.63, 3.8) is 0 Å². The maximum Gasteiger partial charge on any atom is 0.347 e. The third kappa shape index (κ3) is 2.19. The standard InChI is InChI=1S/C15H10BrNO2/c1-9-7-11(16)8-12-13(9)17-14(19-15(12)18)10-5-3-2-4-6-10/h2-8H,1H3. The van der Waals surface area contributed by atoms with Crippen LogP contribution in [0.15, 0.2) is 56.1 Å². The van der Waals surface area contributed by atoms with Gasteiger partial charge in [0.15, 0.2) is 0 Å². The Balaban J connectivity index is 2.34. The summed E-state index contributed by atoms with van der Waals surface area (Å²) in [6.07, 6.45) is 0. The molecule has 0 bridgehead atoms. The molecule has 0 amide bonds. The Hall–Kier alpha value is -1.94. The Morgan fingerprint density at radius 2 is 1.89 bits per heavy atom. The molecule has 0 unspecified atom stereocenters. The lowest BCUT2D eigenvalue weighted by atomic mass is 10.1. The number of hydrogen-bond acceptors (Lipinski definition) is 3. The molecule has 4 heteroatoms. The molecule has 0 spiro atoms. The van der Waals surface area contributed by atoms with Gasteiger partial charge in [0.25, 0.3) is 0 Å². The molecule has 0 radical (unpaired) electrons. The summed E-state index contributed by atoms with van der Waals surface area (Å²) in [6.45, 7) is 1.92. The molecule has 0 saturated heterocycles. The number of halogens is 1. The van der Waals surface area contributed by atoms with Gasteiger partial charge in [0.1, 0.15) is 0 Å². The van der Waals surface area contributed by atoms with Gasteiger partial charge in [-0.1, -0.05) is 34.1 Å². The van der Waals surface area contributed by atoms with Gasteiger partial charge in [-0.25, -0.2) is 9.78 Å². The first-order valence-corrected chi connectivity index (χ1v) is 6.61. The number of aromatic nitrogens is 1. The Morgan fingerprint density at radius 3 is 2.63 bits per heavy atom. The maximum absolute atomic E-state index is 12.0. The summed E-state index contributed by atoms with van der Waals surface area (Å²) in [5, 5.41) is 0.492. The highest BCUT2D eigenvalue weighted by atomic mass is 79.9. The van der Waals surface area contributed by atoms with Crippen molar-refractivity contribution in [3.05, 3.63) is 62.9 Å². The van der Waals surface area contributed by atoms with E-state index >= 15 is 0 Å². The van der Waals surface area contributed by atoms with Gasteiger partial charge in [-0.2, -0.15) is 0 Å². The van der Waals surface area contributed by atoms with E-state index in [0.717, 1.165) is 15.6 Å². The van der Waals surface area contributed by atoms with E-state index in [1.54, 1.807) is 6.07 Å². The van der Waals surface area contributed by atoms with Gasteiger partial charge >= 0.3 is 5.63 Å². The number of fused-ring (bicyclic) bond motifs is 1. The highest BCUT2D eigenvalue weighted by molar-refractivity contribution is 9.10. The molecule has 0 aliphatic heterocycles. The predicted octanol–water partition coefficient (Wildman–Crippen LogP) is 3.93. The van der Waals surface area contributed by atoms with Gasteiger partial charge in [0.05, 0.1) is 10.9 Å². The summed E-state index contributed by atoms with van der Waals surface area (Å²) in [5.74, 6) is 0.350. The zero-order chi connectivity index (χ0) is 13.4. The van der Waals surface area contributed by atoms with Crippen LogP contribution in [0.1, 0.15) is 5.56 Å². The topological polar surface area (TPSA) is 43.1 Å². The van der Waals surface area contributed by atoms with E-state index in [1.165, 1.54) is 0 Å². The smallest absolute Gasteiger partial charge is 0.347 e. The molecule has 1 heterocycles. The molecule has 0 aliphatic carbocycles. The largest absolute Gasteiger partial charge is 0.403 e. The van der Waals surface area contributed by atoms with Crippen molar-refractivity contribution >= 4 is 26.8 Å². The molecular weight excluding hydrogens is 306 g/mol. The number of rotatable bonds is 1. The van der Waals surface area contributed by atoms with Crippen LogP contribution in [-0.4, -0.2) is 4.98 Å². The highest BCUT2D eigenvalue weighted by Crippen LogP contribution is 2.23. The van der Waals surface area contributed by atoms with Crippen molar-refractivity contribution in [2.75, 3.05) is 0 Å². The molecule has 0 N–H and O–H groups in total. The fourth-order valence-corrected chi connectivity index (χ4v) is 2.58. The van der Waals surface area contributed by atoms with Crippen molar-refractivity contribution in [2.45, 2.75) is 6.92 Å². The fourth-order valence-electron chi connectivity index (χ4n) is 2.01. The van der Waals surface area contributed by atoms with Crippen LogP contribution in [0.5, 0.6) is 0 Å². The molecule has 94 valence electrons. The molecule has 3 nitrogen and oxygen atoms in total. The van der Waals surface area contributed by atoms with Crippen LogP contribution in [0.25, 0.3) is 22.4 Å². The summed E-state index contributed by atoms with van der Waals surface area (Å²) in [6, 6.07) is 13.1. The third-order valence-electron chi connectivity index (χ3n) is 2.91. The van der Waals surface area contributed by atoms with Gasteiger partial charge in [-0.15, -0.1) is 0 Å². The molecule has 3 rings (SSSR count). The van der Waals surface area contributed by atoms with E-state index in [0.29, 0.717) is 16.8 Å². The minimum Gasteiger partial charge on any atom is -0.403 e. The van der Waals surface area contributed by atoms with E-state index in [9.17, 15) is 4.79 Å². The molecule has 0 aliphatic rings. The fraction of sp³-hybridized carbons (Fsp3) is 0.0667. The van der Waals surface area contributed by atoms with Crippen molar-refractivity contribution < 1.29 is 4.42 Å². The van der Waals surface area contributed by atoms with Crippen molar-refractivity contribution in [2.24, 2.45) is 0 Å². The summed E-state index contributed by atoms with van der Waals surface area (Å²) in [4.78, 5) is 16.5. The minimum atomic E-state index is -0.367. The van der Waals surface area contributed by atoms with Gasteiger partial charge in [-0.05, 0) is 36.8 Å². The maximum atomic E-state index is 12.0. The minimum absolute atomic E-state index is 0.350. The lowest BCUT2D eigenvalue weighted by molar-refractivity contribution is 0.518. The van der Waals surface area contributed by atoms with E-state index in [2.05, 4.69) is 20.9 Å². The molecule has 0 atom stereocenters. The summed E-state index contributed by atoms with van der Waals surface area (Å²) in [5.41, 5.74) is 2.05. The average Bonchev–Trinajstić information content (AvgIpc) is 2.41. The summed E-state index contributed by atoms with van der Waals surface area (Å²) in [7, 11) is 0. The Morgan fingerprint density at radius 1 is 1.16 bits per heavy atom.